The van der Waals surface area contributed by atoms with E-state index in [9.17, 15) is 0 Å². The third-order valence-corrected chi connectivity index (χ3v) is 2.72. The maximum absolute atomic E-state index is 5.06. The lowest BCUT2D eigenvalue weighted by molar-refractivity contribution is 0.397. The third kappa shape index (κ3) is 3.58. The molecule has 0 bridgehead atoms. The Bertz CT molecular complexity index is 542. The molecule has 1 aromatic carbocycles. The van der Waals surface area contributed by atoms with Crippen LogP contribution in [0.2, 0.25) is 0 Å². The summed E-state index contributed by atoms with van der Waals surface area (Å²) in [5.41, 5.74) is 2.35. The highest BCUT2D eigenvalue weighted by molar-refractivity contribution is 5.47. The number of methoxy groups -OCH3 is 1. The number of ether oxygens (including phenoxy) is 1. The predicted molar refractivity (Wildman–Crippen MR) is 76.7 cm³/mol. The zero-order chi connectivity index (χ0) is 13.7. The van der Waals surface area contributed by atoms with E-state index in [0.717, 1.165) is 0 Å². The van der Waals surface area contributed by atoms with Crippen molar-refractivity contribution in [1.82, 2.24) is 9.97 Å². The molecule has 0 atom stereocenters. The summed E-state index contributed by atoms with van der Waals surface area (Å²) in [6.07, 6.45) is 1.67. The summed E-state index contributed by atoms with van der Waals surface area (Å²) in [5.74, 6) is 1.12. The number of hydrogen-bond donors (Lipinski definition) is 1. The summed E-state index contributed by atoms with van der Waals surface area (Å²) in [4.78, 5) is 10.4. The van der Waals surface area contributed by atoms with E-state index in [1.165, 1.54) is 11.3 Å². The van der Waals surface area contributed by atoms with Gasteiger partial charge in [0.25, 0.3) is 0 Å². The number of benzene rings is 1. The molecule has 5 heteroatoms. The van der Waals surface area contributed by atoms with Crippen molar-refractivity contribution in [2.75, 3.05) is 31.4 Å². The first kappa shape index (κ1) is 13.1. The van der Waals surface area contributed by atoms with Gasteiger partial charge in [0.15, 0.2) is 0 Å². The van der Waals surface area contributed by atoms with Crippen molar-refractivity contribution < 1.29 is 4.74 Å². The van der Waals surface area contributed by atoms with Crippen LogP contribution in [0.5, 0.6) is 5.88 Å². The van der Waals surface area contributed by atoms with Crippen molar-refractivity contribution >= 4 is 11.6 Å². The molecule has 19 heavy (non-hydrogen) atoms. The van der Waals surface area contributed by atoms with Crippen LogP contribution in [0.25, 0.3) is 0 Å². The van der Waals surface area contributed by atoms with Crippen molar-refractivity contribution in [3.63, 3.8) is 0 Å². The van der Waals surface area contributed by atoms with Gasteiger partial charge in [0.05, 0.1) is 7.11 Å². The van der Waals surface area contributed by atoms with E-state index < -0.39 is 0 Å². The van der Waals surface area contributed by atoms with Crippen LogP contribution in [0.3, 0.4) is 0 Å². The topological polar surface area (TPSA) is 50.3 Å². The smallest absolute Gasteiger partial charge is 0.226 e. The molecular formula is C14H18N4O. The van der Waals surface area contributed by atoms with Gasteiger partial charge in [0.2, 0.25) is 11.8 Å². The van der Waals surface area contributed by atoms with Crippen molar-refractivity contribution in [2.45, 2.75) is 6.54 Å². The fraction of sp³-hybridized carbons (Fsp3) is 0.286. The predicted octanol–water partition coefficient (Wildman–Crippen LogP) is 2.16. The number of aromatic nitrogens is 2. The van der Waals surface area contributed by atoms with Crippen molar-refractivity contribution in [3.05, 3.63) is 42.1 Å². The Morgan fingerprint density at radius 2 is 2.11 bits per heavy atom. The molecular weight excluding hydrogens is 240 g/mol. The van der Waals surface area contributed by atoms with Gasteiger partial charge in [-0.05, 0) is 17.7 Å². The second kappa shape index (κ2) is 6.04. The first-order chi connectivity index (χ1) is 9.19. The Morgan fingerprint density at radius 3 is 2.84 bits per heavy atom. The molecule has 0 aliphatic rings. The van der Waals surface area contributed by atoms with Gasteiger partial charge in [-0.25, -0.2) is 4.98 Å². The second-order valence-electron chi connectivity index (χ2n) is 4.34. The lowest BCUT2D eigenvalue weighted by Crippen LogP contribution is -2.09. The number of anilines is 2. The van der Waals surface area contributed by atoms with Crippen LogP contribution < -0.4 is 15.0 Å². The summed E-state index contributed by atoms with van der Waals surface area (Å²) in [6, 6.07) is 10.0. The number of nitrogens with one attached hydrogen (secondary N) is 1. The summed E-state index contributed by atoms with van der Waals surface area (Å²) in [5, 5.41) is 3.18. The van der Waals surface area contributed by atoms with Gasteiger partial charge in [0, 0.05) is 38.6 Å². The van der Waals surface area contributed by atoms with E-state index in [1.54, 1.807) is 19.4 Å². The molecule has 0 amide bonds. The minimum absolute atomic E-state index is 0.555. The highest BCUT2D eigenvalue weighted by Gasteiger charge is 2.01. The molecule has 0 radical (unpaired) electrons. The minimum atomic E-state index is 0.555. The second-order valence-corrected chi connectivity index (χ2v) is 4.34. The standard InChI is InChI=1S/C14H18N4O/c1-18(2)12-6-4-5-11(9-12)10-16-14-15-8-7-13(17-14)19-3/h4-9H,10H2,1-3H3,(H,15,16,17). The Balaban J connectivity index is 2.03. The Hall–Kier alpha value is -2.30. The van der Waals surface area contributed by atoms with E-state index in [1.807, 2.05) is 20.2 Å². The zero-order valence-electron chi connectivity index (χ0n) is 11.4. The van der Waals surface area contributed by atoms with Crippen molar-refractivity contribution in [2.24, 2.45) is 0 Å². The van der Waals surface area contributed by atoms with Gasteiger partial charge < -0.3 is 15.0 Å². The highest BCUT2D eigenvalue weighted by Crippen LogP contribution is 2.14. The van der Waals surface area contributed by atoms with Gasteiger partial charge in [-0.15, -0.1) is 0 Å². The van der Waals surface area contributed by atoms with Gasteiger partial charge >= 0.3 is 0 Å². The molecule has 100 valence electrons. The van der Waals surface area contributed by atoms with Crippen LogP contribution in [-0.2, 0) is 6.54 Å². The van der Waals surface area contributed by atoms with Crippen LogP contribution in [0.4, 0.5) is 11.6 Å². The quantitative estimate of drug-likeness (QED) is 0.890. The largest absolute Gasteiger partial charge is 0.481 e. The molecule has 0 spiro atoms. The maximum Gasteiger partial charge on any atom is 0.226 e. The summed E-state index contributed by atoms with van der Waals surface area (Å²) >= 11 is 0. The molecule has 1 heterocycles. The molecule has 1 aromatic heterocycles. The molecule has 0 fully saturated rings. The molecule has 0 saturated heterocycles. The summed E-state index contributed by atoms with van der Waals surface area (Å²) in [7, 11) is 5.64. The molecule has 0 aliphatic carbocycles. The van der Waals surface area contributed by atoms with Crippen LogP contribution in [0, 0.1) is 0 Å². The molecule has 0 unspecified atom stereocenters. The molecule has 1 N–H and O–H groups in total. The van der Waals surface area contributed by atoms with Gasteiger partial charge in [-0.2, -0.15) is 4.98 Å². The fourth-order valence-electron chi connectivity index (χ4n) is 1.67. The maximum atomic E-state index is 5.06. The van der Waals surface area contributed by atoms with E-state index in [-0.39, 0.29) is 0 Å². The molecule has 0 saturated carbocycles. The van der Waals surface area contributed by atoms with Crippen LogP contribution >= 0.6 is 0 Å². The van der Waals surface area contributed by atoms with Gasteiger partial charge in [-0.1, -0.05) is 12.1 Å². The van der Waals surface area contributed by atoms with Crippen molar-refractivity contribution in [1.29, 1.82) is 0 Å². The normalized spacial score (nSPS) is 10.1. The van der Waals surface area contributed by atoms with Crippen molar-refractivity contribution in [3.8, 4) is 5.88 Å². The monoisotopic (exact) mass is 258 g/mol. The SMILES string of the molecule is COc1ccnc(NCc2cccc(N(C)C)c2)n1. The Labute approximate surface area is 113 Å². The third-order valence-electron chi connectivity index (χ3n) is 2.72. The van der Waals surface area contributed by atoms with E-state index >= 15 is 0 Å². The lowest BCUT2D eigenvalue weighted by Gasteiger charge is -2.13. The lowest BCUT2D eigenvalue weighted by atomic mass is 10.2. The van der Waals surface area contributed by atoms with Gasteiger partial charge in [-0.3, -0.25) is 0 Å². The fourth-order valence-corrected chi connectivity index (χ4v) is 1.67. The zero-order valence-corrected chi connectivity index (χ0v) is 11.4. The van der Waals surface area contributed by atoms with Crippen LogP contribution in [0.15, 0.2) is 36.5 Å². The molecule has 2 aromatic rings. The average Bonchev–Trinajstić information content (AvgIpc) is 2.45. The van der Waals surface area contributed by atoms with E-state index in [4.69, 9.17) is 4.74 Å². The highest BCUT2D eigenvalue weighted by atomic mass is 16.5. The first-order valence-electron chi connectivity index (χ1n) is 6.06. The Kier molecular flexibility index (Phi) is 4.18. The van der Waals surface area contributed by atoms with Gasteiger partial charge in [0.1, 0.15) is 0 Å². The summed E-state index contributed by atoms with van der Waals surface area (Å²) in [6.45, 7) is 0.675. The van der Waals surface area contributed by atoms with E-state index in [0.29, 0.717) is 18.4 Å². The van der Waals surface area contributed by atoms with E-state index in [2.05, 4.69) is 38.4 Å². The first-order valence-corrected chi connectivity index (χ1v) is 6.06. The van der Waals surface area contributed by atoms with Crippen LogP contribution in [0.1, 0.15) is 5.56 Å². The number of nitrogens with zero attached hydrogens (tertiary/aromatic N) is 3. The molecule has 5 nitrogen and oxygen atoms in total. The molecule has 2 rings (SSSR count). The Morgan fingerprint density at radius 1 is 1.26 bits per heavy atom. The number of hydrogen-bond acceptors (Lipinski definition) is 5. The molecule has 0 aliphatic heterocycles. The summed E-state index contributed by atoms with van der Waals surface area (Å²) < 4.78 is 5.06. The minimum Gasteiger partial charge on any atom is -0.481 e. The number of rotatable bonds is 5. The van der Waals surface area contributed by atoms with Crippen LogP contribution in [-0.4, -0.2) is 31.2 Å². The average molecular weight is 258 g/mol.